The first-order chi connectivity index (χ1) is 9.69. The van der Waals surface area contributed by atoms with Gasteiger partial charge in [0, 0.05) is 30.8 Å². The summed E-state index contributed by atoms with van der Waals surface area (Å²) in [6, 6.07) is 8.44. The van der Waals surface area contributed by atoms with Crippen LogP contribution < -0.4 is 4.90 Å². The fraction of sp³-hybridized carbons (Fsp3) is 0.200. The van der Waals surface area contributed by atoms with E-state index in [1.807, 2.05) is 16.8 Å². The van der Waals surface area contributed by atoms with Crippen molar-refractivity contribution in [1.29, 1.82) is 0 Å². The lowest BCUT2D eigenvalue weighted by Crippen LogP contribution is -2.18. The van der Waals surface area contributed by atoms with Gasteiger partial charge in [0.2, 0.25) is 0 Å². The molecule has 102 valence electrons. The fourth-order valence-electron chi connectivity index (χ4n) is 2.25. The lowest BCUT2D eigenvalue weighted by Gasteiger charge is -2.22. The molecule has 0 aliphatic carbocycles. The van der Waals surface area contributed by atoms with Gasteiger partial charge in [0.1, 0.15) is 4.60 Å². The zero-order chi connectivity index (χ0) is 14.1. The predicted molar refractivity (Wildman–Crippen MR) is 84.5 cm³/mol. The van der Waals surface area contributed by atoms with Gasteiger partial charge in [0.05, 0.1) is 0 Å². The normalized spacial score (nSPS) is 10.9. The van der Waals surface area contributed by atoms with Crippen molar-refractivity contribution in [2.45, 2.75) is 13.8 Å². The second kappa shape index (κ2) is 5.25. The molecule has 0 radical (unpaired) electrons. The van der Waals surface area contributed by atoms with Crippen molar-refractivity contribution in [3.8, 4) is 0 Å². The molecule has 1 aromatic carbocycles. The Labute approximate surface area is 126 Å². The zero-order valence-electron chi connectivity index (χ0n) is 11.4. The third-order valence-corrected chi connectivity index (χ3v) is 3.63. The van der Waals surface area contributed by atoms with Crippen LogP contribution in [0.4, 0.5) is 11.5 Å². The Morgan fingerprint density at radius 2 is 2.00 bits per heavy atom. The maximum Gasteiger partial charge on any atom is 0.180 e. The van der Waals surface area contributed by atoms with E-state index >= 15 is 0 Å². The van der Waals surface area contributed by atoms with Crippen LogP contribution in [0.15, 0.2) is 47.5 Å². The highest BCUT2D eigenvalue weighted by molar-refractivity contribution is 9.10. The first-order valence-electron chi connectivity index (χ1n) is 6.52. The van der Waals surface area contributed by atoms with Gasteiger partial charge in [0.25, 0.3) is 0 Å². The molecule has 0 amide bonds. The van der Waals surface area contributed by atoms with Crippen molar-refractivity contribution in [2.75, 3.05) is 11.4 Å². The fourth-order valence-corrected chi connectivity index (χ4v) is 2.63. The van der Waals surface area contributed by atoms with Crippen molar-refractivity contribution in [3.63, 3.8) is 0 Å². The minimum Gasteiger partial charge on any atom is -0.324 e. The Balaban J connectivity index is 2.16. The Morgan fingerprint density at radius 3 is 2.70 bits per heavy atom. The highest BCUT2D eigenvalue weighted by Crippen LogP contribution is 2.28. The van der Waals surface area contributed by atoms with Crippen molar-refractivity contribution in [2.24, 2.45) is 0 Å². The Kier molecular flexibility index (Phi) is 3.44. The quantitative estimate of drug-likeness (QED) is 0.728. The van der Waals surface area contributed by atoms with E-state index in [0.29, 0.717) is 0 Å². The molecule has 0 N–H and O–H groups in total. The summed E-state index contributed by atoms with van der Waals surface area (Å²) in [4.78, 5) is 11.2. The number of rotatable bonds is 3. The second-order valence-corrected chi connectivity index (χ2v) is 5.44. The number of imidazole rings is 1. The smallest absolute Gasteiger partial charge is 0.180 e. The number of benzene rings is 1. The molecule has 0 saturated heterocycles. The average molecular weight is 331 g/mol. The van der Waals surface area contributed by atoms with E-state index in [1.54, 1.807) is 6.20 Å². The van der Waals surface area contributed by atoms with Crippen LogP contribution >= 0.6 is 15.9 Å². The number of aryl methyl sites for hydroxylation is 1. The van der Waals surface area contributed by atoms with Crippen molar-refractivity contribution in [1.82, 2.24) is 14.4 Å². The maximum absolute atomic E-state index is 4.60. The molecular weight excluding hydrogens is 316 g/mol. The molecule has 4 nitrogen and oxygen atoms in total. The lowest BCUT2D eigenvalue weighted by molar-refractivity contribution is 0.966. The van der Waals surface area contributed by atoms with Gasteiger partial charge >= 0.3 is 0 Å². The van der Waals surface area contributed by atoms with Crippen LogP contribution in [0.2, 0.25) is 0 Å². The zero-order valence-corrected chi connectivity index (χ0v) is 13.0. The van der Waals surface area contributed by atoms with Gasteiger partial charge in [-0.15, -0.1) is 0 Å². The number of aromatic nitrogens is 3. The molecule has 0 unspecified atom stereocenters. The predicted octanol–water partition coefficient (Wildman–Crippen LogP) is 3.96. The largest absolute Gasteiger partial charge is 0.324 e. The molecule has 3 aromatic rings. The molecule has 2 heterocycles. The molecule has 0 saturated carbocycles. The molecule has 20 heavy (non-hydrogen) atoms. The standard InChI is InChI=1S/C15H15BrN4/c1-3-20(12-6-4-11(2)5-7-12)15-14-17-8-9-19(14)10-13(16)18-15/h4-10H,3H2,1-2H3. The van der Waals surface area contributed by atoms with Crippen LogP contribution in [0, 0.1) is 6.92 Å². The molecule has 3 rings (SSSR count). The summed E-state index contributed by atoms with van der Waals surface area (Å²) in [5.74, 6) is 0.857. The van der Waals surface area contributed by atoms with Gasteiger partial charge in [-0.05, 0) is 41.9 Å². The summed E-state index contributed by atoms with van der Waals surface area (Å²) >= 11 is 3.46. The van der Waals surface area contributed by atoms with E-state index in [1.165, 1.54) is 5.56 Å². The molecule has 5 heteroatoms. The number of hydrogen-bond donors (Lipinski definition) is 0. The summed E-state index contributed by atoms with van der Waals surface area (Å²) in [5.41, 5.74) is 3.22. The van der Waals surface area contributed by atoms with E-state index in [-0.39, 0.29) is 0 Å². The molecule has 0 aliphatic rings. The van der Waals surface area contributed by atoms with E-state index in [4.69, 9.17) is 0 Å². The first-order valence-corrected chi connectivity index (χ1v) is 7.31. The molecular formula is C15H15BrN4. The van der Waals surface area contributed by atoms with E-state index < -0.39 is 0 Å². The average Bonchev–Trinajstić information content (AvgIpc) is 2.89. The summed E-state index contributed by atoms with van der Waals surface area (Å²) in [6.45, 7) is 5.03. The summed E-state index contributed by atoms with van der Waals surface area (Å²) in [6.07, 6.45) is 5.62. The van der Waals surface area contributed by atoms with Crippen LogP contribution in [0.3, 0.4) is 0 Å². The van der Waals surface area contributed by atoms with E-state index in [9.17, 15) is 0 Å². The minimum absolute atomic E-state index is 0.795. The topological polar surface area (TPSA) is 33.4 Å². The Hall–Kier alpha value is -1.88. The molecule has 0 fully saturated rings. The van der Waals surface area contributed by atoms with Crippen LogP contribution in [0.1, 0.15) is 12.5 Å². The SMILES string of the molecule is CCN(c1ccc(C)cc1)c1nc(Br)cn2ccnc12. The van der Waals surface area contributed by atoms with Crippen molar-refractivity contribution < 1.29 is 0 Å². The third kappa shape index (κ3) is 2.29. The summed E-state index contributed by atoms with van der Waals surface area (Å²) < 4.78 is 2.77. The number of fused-ring (bicyclic) bond motifs is 1. The lowest BCUT2D eigenvalue weighted by atomic mass is 10.2. The van der Waals surface area contributed by atoms with Crippen LogP contribution in [-0.2, 0) is 0 Å². The van der Waals surface area contributed by atoms with Crippen LogP contribution in [0.5, 0.6) is 0 Å². The maximum atomic E-state index is 4.60. The number of hydrogen-bond acceptors (Lipinski definition) is 3. The van der Waals surface area contributed by atoms with Gasteiger partial charge < -0.3 is 9.30 Å². The number of anilines is 2. The van der Waals surface area contributed by atoms with Gasteiger partial charge in [-0.2, -0.15) is 0 Å². The summed E-state index contributed by atoms with van der Waals surface area (Å²) in [5, 5.41) is 0. The molecule has 0 aliphatic heterocycles. The number of nitrogens with zero attached hydrogens (tertiary/aromatic N) is 4. The highest BCUT2D eigenvalue weighted by atomic mass is 79.9. The van der Waals surface area contributed by atoms with Gasteiger partial charge in [-0.3, -0.25) is 0 Å². The molecule has 0 bridgehead atoms. The van der Waals surface area contributed by atoms with Gasteiger partial charge in [-0.1, -0.05) is 17.7 Å². The molecule has 2 aromatic heterocycles. The third-order valence-electron chi connectivity index (χ3n) is 3.24. The molecule has 0 spiro atoms. The van der Waals surface area contributed by atoms with Crippen LogP contribution in [0.25, 0.3) is 5.65 Å². The van der Waals surface area contributed by atoms with Crippen molar-refractivity contribution >= 4 is 33.1 Å². The first kappa shape index (κ1) is 13.1. The van der Waals surface area contributed by atoms with Crippen LogP contribution in [-0.4, -0.2) is 20.9 Å². The van der Waals surface area contributed by atoms with E-state index in [0.717, 1.165) is 28.3 Å². The monoisotopic (exact) mass is 330 g/mol. The van der Waals surface area contributed by atoms with E-state index in [2.05, 4.69) is 68.9 Å². The highest BCUT2D eigenvalue weighted by Gasteiger charge is 2.14. The number of halogens is 1. The Bertz CT molecular complexity index is 733. The Morgan fingerprint density at radius 1 is 1.25 bits per heavy atom. The van der Waals surface area contributed by atoms with Crippen molar-refractivity contribution in [3.05, 3.63) is 53.0 Å². The van der Waals surface area contributed by atoms with Gasteiger partial charge in [0.15, 0.2) is 11.5 Å². The second-order valence-electron chi connectivity index (χ2n) is 4.63. The minimum atomic E-state index is 0.795. The molecule has 0 atom stereocenters. The summed E-state index contributed by atoms with van der Waals surface area (Å²) in [7, 11) is 0. The van der Waals surface area contributed by atoms with Gasteiger partial charge in [-0.25, -0.2) is 9.97 Å².